The Kier molecular flexibility index (Phi) is 5.40. The molecule has 1 aromatic rings. The summed E-state index contributed by atoms with van der Waals surface area (Å²) < 4.78 is 0. The highest BCUT2D eigenvalue weighted by Crippen LogP contribution is 2.36. The third-order valence-electron chi connectivity index (χ3n) is 4.46. The van der Waals surface area contributed by atoms with Gasteiger partial charge in [-0.05, 0) is 56.9 Å². The lowest BCUT2D eigenvalue weighted by atomic mass is 9.77. The van der Waals surface area contributed by atoms with Crippen LogP contribution in [0.4, 0.5) is 0 Å². The standard InChI is InChI=1S/C18H27NO2/c1-18(2,13-20)19-17(21)12-14-8-10-16(11-9-14)15-6-4-3-5-7-15/h3-7,14,16,20H,8-13H2,1-2H3,(H,19,21). The highest BCUT2D eigenvalue weighted by Gasteiger charge is 2.26. The van der Waals surface area contributed by atoms with Crippen LogP contribution < -0.4 is 5.32 Å². The summed E-state index contributed by atoms with van der Waals surface area (Å²) in [7, 11) is 0. The van der Waals surface area contributed by atoms with E-state index >= 15 is 0 Å². The van der Waals surface area contributed by atoms with Crippen molar-refractivity contribution in [3.8, 4) is 0 Å². The Labute approximate surface area is 127 Å². The van der Waals surface area contributed by atoms with Crippen molar-refractivity contribution in [1.82, 2.24) is 5.32 Å². The Morgan fingerprint density at radius 1 is 1.19 bits per heavy atom. The third kappa shape index (κ3) is 4.85. The molecule has 0 bridgehead atoms. The largest absolute Gasteiger partial charge is 0.394 e. The van der Waals surface area contributed by atoms with Crippen LogP contribution in [0, 0.1) is 5.92 Å². The predicted molar refractivity (Wildman–Crippen MR) is 85.1 cm³/mol. The number of carbonyl (C=O) groups excluding carboxylic acids is 1. The minimum Gasteiger partial charge on any atom is -0.394 e. The van der Waals surface area contributed by atoms with Gasteiger partial charge >= 0.3 is 0 Å². The van der Waals surface area contributed by atoms with Crippen LogP contribution in [0.25, 0.3) is 0 Å². The van der Waals surface area contributed by atoms with Crippen molar-refractivity contribution < 1.29 is 9.90 Å². The van der Waals surface area contributed by atoms with E-state index in [0.29, 0.717) is 18.3 Å². The molecule has 0 unspecified atom stereocenters. The van der Waals surface area contributed by atoms with Gasteiger partial charge in [0.05, 0.1) is 12.1 Å². The SMILES string of the molecule is CC(C)(CO)NC(=O)CC1CCC(c2ccccc2)CC1. The first-order valence-electron chi connectivity index (χ1n) is 7.97. The number of aliphatic hydroxyl groups excluding tert-OH is 1. The van der Waals surface area contributed by atoms with Gasteiger partial charge in [-0.15, -0.1) is 0 Å². The molecule has 1 aliphatic rings. The zero-order valence-corrected chi connectivity index (χ0v) is 13.1. The van der Waals surface area contributed by atoms with Gasteiger partial charge in [0.1, 0.15) is 0 Å². The molecule has 0 aromatic heterocycles. The van der Waals surface area contributed by atoms with Crippen molar-refractivity contribution in [1.29, 1.82) is 0 Å². The van der Waals surface area contributed by atoms with Crippen LogP contribution in [0.1, 0.15) is 57.4 Å². The Bertz CT molecular complexity index is 448. The van der Waals surface area contributed by atoms with Crippen LogP contribution in [0.5, 0.6) is 0 Å². The van der Waals surface area contributed by atoms with Crippen molar-refractivity contribution in [2.45, 2.75) is 57.4 Å². The van der Waals surface area contributed by atoms with Crippen LogP contribution in [0.2, 0.25) is 0 Å². The van der Waals surface area contributed by atoms with Gasteiger partial charge < -0.3 is 10.4 Å². The topological polar surface area (TPSA) is 49.3 Å². The summed E-state index contributed by atoms with van der Waals surface area (Å²) in [5, 5.41) is 12.1. The van der Waals surface area contributed by atoms with Crippen molar-refractivity contribution in [3.63, 3.8) is 0 Å². The Balaban J connectivity index is 1.78. The van der Waals surface area contributed by atoms with Crippen LogP contribution in [-0.2, 0) is 4.79 Å². The number of nitrogens with one attached hydrogen (secondary N) is 1. The van der Waals surface area contributed by atoms with Crippen LogP contribution in [0.15, 0.2) is 30.3 Å². The van der Waals surface area contributed by atoms with E-state index in [1.54, 1.807) is 0 Å². The summed E-state index contributed by atoms with van der Waals surface area (Å²) >= 11 is 0. The molecule has 0 aliphatic heterocycles. The van der Waals surface area contributed by atoms with Gasteiger partial charge in [-0.2, -0.15) is 0 Å². The predicted octanol–water partition coefficient (Wildman–Crippen LogP) is 3.24. The molecule has 116 valence electrons. The number of rotatable bonds is 5. The summed E-state index contributed by atoms with van der Waals surface area (Å²) in [4.78, 5) is 12.0. The first kappa shape index (κ1) is 16.0. The van der Waals surface area contributed by atoms with Crippen LogP contribution >= 0.6 is 0 Å². The molecule has 1 saturated carbocycles. The molecule has 0 spiro atoms. The highest BCUT2D eigenvalue weighted by atomic mass is 16.3. The lowest BCUT2D eigenvalue weighted by Gasteiger charge is -2.30. The zero-order chi connectivity index (χ0) is 15.3. The summed E-state index contributed by atoms with van der Waals surface area (Å²) in [6.07, 6.45) is 5.17. The second-order valence-electron chi connectivity index (χ2n) is 6.92. The summed E-state index contributed by atoms with van der Waals surface area (Å²) in [5.74, 6) is 1.20. The first-order chi connectivity index (χ1) is 10.00. The molecule has 0 atom stereocenters. The monoisotopic (exact) mass is 289 g/mol. The van der Waals surface area contributed by atoms with E-state index in [2.05, 4.69) is 35.6 Å². The summed E-state index contributed by atoms with van der Waals surface area (Å²) in [6, 6.07) is 10.7. The fraction of sp³-hybridized carbons (Fsp3) is 0.611. The maximum absolute atomic E-state index is 12.0. The summed E-state index contributed by atoms with van der Waals surface area (Å²) in [6.45, 7) is 3.66. The third-order valence-corrected chi connectivity index (χ3v) is 4.46. The smallest absolute Gasteiger partial charge is 0.220 e. The molecule has 1 aromatic carbocycles. The maximum Gasteiger partial charge on any atom is 0.220 e. The van der Waals surface area contributed by atoms with E-state index in [0.717, 1.165) is 12.8 Å². The van der Waals surface area contributed by atoms with Gasteiger partial charge in [0.25, 0.3) is 0 Å². The van der Waals surface area contributed by atoms with Gasteiger partial charge in [0.15, 0.2) is 0 Å². The molecule has 1 amide bonds. The summed E-state index contributed by atoms with van der Waals surface area (Å²) in [5.41, 5.74) is 0.917. The van der Waals surface area contributed by atoms with Gasteiger partial charge in [0.2, 0.25) is 5.91 Å². The number of hydrogen-bond acceptors (Lipinski definition) is 2. The molecule has 21 heavy (non-hydrogen) atoms. The molecule has 0 saturated heterocycles. The van der Waals surface area contributed by atoms with Gasteiger partial charge in [-0.1, -0.05) is 30.3 Å². The van der Waals surface area contributed by atoms with E-state index in [9.17, 15) is 9.90 Å². The quantitative estimate of drug-likeness (QED) is 0.874. The molecular formula is C18H27NO2. The van der Waals surface area contributed by atoms with Crippen molar-refractivity contribution in [2.24, 2.45) is 5.92 Å². The van der Waals surface area contributed by atoms with Crippen molar-refractivity contribution in [2.75, 3.05) is 6.61 Å². The maximum atomic E-state index is 12.0. The normalized spacial score (nSPS) is 22.8. The number of aliphatic hydroxyl groups is 1. The highest BCUT2D eigenvalue weighted by molar-refractivity contribution is 5.77. The minimum atomic E-state index is -0.516. The number of benzene rings is 1. The van der Waals surface area contributed by atoms with Gasteiger partial charge in [-0.3, -0.25) is 4.79 Å². The molecule has 0 heterocycles. The zero-order valence-electron chi connectivity index (χ0n) is 13.1. The average Bonchev–Trinajstić information content (AvgIpc) is 2.48. The lowest BCUT2D eigenvalue weighted by molar-refractivity contribution is -0.124. The fourth-order valence-corrected chi connectivity index (χ4v) is 3.16. The number of amides is 1. The molecule has 1 fully saturated rings. The molecule has 2 rings (SSSR count). The first-order valence-corrected chi connectivity index (χ1v) is 7.97. The Hall–Kier alpha value is -1.35. The van der Waals surface area contributed by atoms with E-state index in [-0.39, 0.29) is 12.5 Å². The molecule has 0 radical (unpaired) electrons. The lowest BCUT2D eigenvalue weighted by Crippen LogP contribution is -2.46. The Morgan fingerprint density at radius 2 is 1.81 bits per heavy atom. The Morgan fingerprint density at radius 3 is 2.38 bits per heavy atom. The second kappa shape index (κ2) is 7.08. The van der Waals surface area contributed by atoms with E-state index in [1.165, 1.54) is 18.4 Å². The van der Waals surface area contributed by atoms with Gasteiger partial charge in [0, 0.05) is 6.42 Å². The van der Waals surface area contributed by atoms with Crippen molar-refractivity contribution >= 4 is 5.91 Å². The van der Waals surface area contributed by atoms with E-state index < -0.39 is 5.54 Å². The van der Waals surface area contributed by atoms with Gasteiger partial charge in [-0.25, -0.2) is 0 Å². The van der Waals surface area contributed by atoms with E-state index in [4.69, 9.17) is 0 Å². The molecule has 3 nitrogen and oxygen atoms in total. The molecule has 3 heteroatoms. The van der Waals surface area contributed by atoms with Crippen molar-refractivity contribution in [3.05, 3.63) is 35.9 Å². The molecule has 2 N–H and O–H groups in total. The molecular weight excluding hydrogens is 262 g/mol. The van der Waals surface area contributed by atoms with Crippen LogP contribution in [-0.4, -0.2) is 23.2 Å². The number of carbonyl (C=O) groups is 1. The van der Waals surface area contributed by atoms with Crippen LogP contribution in [0.3, 0.4) is 0 Å². The minimum absolute atomic E-state index is 0.0283. The molecule has 1 aliphatic carbocycles. The average molecular weight is 289 g/mol. The van der Waals surface area contributed by atoms with E-state index in [1.807, 2.05) is 13.8 Å². The number of hydrogen-bond donors (Lipinski definition) is 2. The fourth-order valence-electron chi connectivity index (χ4n) is 3.16. The second-order valence-corrected chi connectivity index (χ2v) is 6.92.